The first-order chi connectivity index (χ1) is 14.5. The van der Waals surface area contributed by atoms with Gasteiger partial charge in [0.15, 0.2) is 5.70 Å². The van der Waals surface area contributed by atoms with Crippen LogP contribution in [0.25, 0.3) is 6.08 Å². The highest BCUT2D eigenvalue weighted by molar-refractivity contribution is 6.37. The van der Waals surface area contributed by atoms with E-state index in [2.05, 4.69) is 4.99 Å². The number of esters is 1. The van der Waals surface area contributed by atoms with Gasteiger partial charge in [-0.3, -0.25) is 0 Å². The first kappa shape index (κ1) is 20.5. The number of para-hydroxylation sites is 1. The molecule has 0 amide bonds. The third-order valence-electron chi connectivity index (χ3n) is 4.33. The van der Waals surface area contributed by atoms with Gasteiger partial charge in [-0.15, -0.1) is 0 Å². The standard InChI is InChI=1S/C23H14Cl3NO3/c24-16-9-10-17(19(26)12-16)22-27-20(23(28)30-22)11-14-5-2-4-8-21(14)29-13-15-6-1-3-7-18(15)25/h1-12H,13H2/b20-11-. The molecule has 7 heteroatoms. The van der Waals surface area contributed by atoms with Crippen LogP contribution in [-0.4, -0.2) is 11.9 Å². The van der Waals surface area contributed by atoms with Crippen LogP contribution in [0.1, 0.15) is 16.7 Å². The molecule has 3 aromatic carbocycles. The lowest BCUT2D eigenvalue weighted by molar-refractivity contribution is -0.129. The van der Waals surface area contributed by atoms with Gasteiger partial charge in [0.1, 0.15) is 12.4 Å². The minimum absolute atomic E-state index is 0.127. The SMILES string of the molecule is O=C1OC(c2ccc(Cl)cc2Cl)=N/C1=C\c1ccccc1OCc1ccccc1Cl. The maximum Gasteiger partial charge on any atom is 0.363 e. The van der Waals surface area contributed by atoms with E-state index in [4.69, 9.17) is 44.3 Å². The Balaban J connectivity index is 1.61. The Morgan fingerprint density at radius 3 is 2.50 bits per heavy atom. The number of rotatable bonds is 5. The van der Waals surface area contributed by atoms with Crippen molar-refractivity contribution in [3.05, 3.63) is 104 Å². The third-order valence-corrected chi connectivity index (χ3v) is 5.25. The first-order valence-corrected chi connectivity index (χ1v) is 10.1. The van der Waals surface area contributed by atoms with Crippen LogP contribution in [0, 0.1) is 0 Å². The van der Waals surface area contributed by atoms with Gasteiger partial charge in [-0.25, -0.2) is 9.79 Å². The number of carbonyl (C=O) groups is 1. The van der Waals surface area contributed by atoms with Gasteiger partial charge in [0.05, 0.1) is 10.6 Å². The molecule has 0 aromatic heterocycles. The minimum atomic E-state index is -0.572. The zero-order valence-electron chi connectivity index (χ0n) is 15.4. The Bertz CT molecular complexity index is 1190. The molecule has 0 unspecified atom stereocenters. The van der Waals surface area contributed by atoms with Crippen molar-refractivity contribution in [2.45, 2.75) is 6.61 Å². The van der Waals surface area contributed by atoms with Crippen molar-refractivity contribution in [3.8, 4) is 5.75 Å². The normalized spacial score (nSPS) is 14.6. The molecule has 4 rings (SSSR count). The largest absolute Gasteiger partial charge is 0.488 e. The highest BCUT2D eigenvalue weighted by atomic mass is 35.5. The van der Waals surface area contributed by atoms with E-state index >= 15 is 0 Å². The van der Waals surface area contributed by atoms with Crippen molar-refractivity contribution in [2.75, 3.05) is 0 Å². The summed E-state index contributed by atoms with van der Waals surface area (Å²) >= 11 is 18.3. The van der Waals surface area contributed by atoms with Crippen LogP contribution < -0.4 is 4.74 Å². The number of ether oxygens (including phenoxy) is 2. The highest BCUT2D eigenvalue weighted by Crippen LogP contribution is 2.28. The number of aliphatic imine (C=N–C) groups is 1. The summed E-state index contributed by atoms with van der Waals surface area (Å²) in [6.07, 6.45) is 1.61. The van der Waals surface area contributed by atoms with Crippen molar-refractivity contribution in [3.63, 3.8) is 0 Å². The van der Waals surface area contributed by atoms with Crippen molar-refractivity contribution in [1.29, 1.82) is 0 Å². The summed E-state index contributed by atoms with van der Waals surface area (Å²) in [5.74, 6) is 0.144. The molecule has 0 saturated carbocycles. The lowest BCUT2D eigenvalue weighted by Crippen LogP contribution is -2.06. The van der Waals surface area contributed by atoms with Gasteiger partial charge in [-0.05, 0) is 36.4 Å². The summed E-state index contributed by atoms with van der Waals surface area (Å²) in [6, 6.07) is 19.6. The summed E-state index contributed by atoms with van der Waals surface area (Å²) in [6.45, 7) is 0.291. The van der Waals surface area contributed by atoms with Gasteiger partial charge in [0, 0.05) is 21.2 Å². The molecule has 0 aliphatic carbocycles. The molecule has 4 nitrogen and oxygen atoms in total. The molecule has 150 valence electrons. The number of benzene rings is 3. The first-order valence-electron chi connectivity index (χ1n) is 8.94. The van der Waals surface area contributed by atoms with Gasteiger partial charge in [-0.1, -0.05) is 71.2 Å². The second-order valence-electron chi connectivity index (χ2n) is 6.38. The summed E-state index contributed by atoms with van der Waals surface area (Å²) in [5, 5.41) is 1.45. The lowest BCUT2D eigenvalue weighted by Gasteiger charge is -2.10. The minimum Gasteiger partial charge on any atom is -0.488 e. The number of hydrogen-bond acceptors (Lipinski definition) is 4. The smallest absolute Gasteiger partial charge is 0.363 e. The van der Waals surface area contributed by atoms with E-state index < -0.39 is 5.97 Å². The second-order valence-corrected chi connectivity index (χ2v) is 7.63. The van der Waals surface area contributed by atoms with Crippen LogP contribution in [0.15, 0.2) is 77.4 Å². The highest BCUT2D eigenvalue weighted by Gasteiger charge is 2.26. The Hall–Kier alpha value is -2.79. The number of cyclic esters (lactones) is 1. The molecular weight excluding hydrogens is 445 g/mol. The van der Waals surface area contributed by atoms with E-state index in [1.165, 1.54) is 0 Å². The van der Waals surface area contributed by atoms with Crippen LogP contribution >= 0.6 is 34.8 Å². The molecule has 30 heavy (non-hydrogen) atoms. The van der Waals surface area contributed by atoms with E-state index in [9.17, 15) is 4.79 Å². The Labute approximate surface area is 188 Å². The van der Waals surface area contributed by atoms with Gasteiger partial charge in [0.2, 0.25) is 5.90 Å². The molecule has 0 N–H and O–H groups in total. The number of hydrogen-bond donors (Lipinski definition) is 0. The van der Waals surface area contributed by atoms with Crippen molar-refractivity contribution >= 4 is 52.7 Å². The molecule has 0 bridgehead atoms. The number of halogens is 3. The summed E-state index contributed by atoms with van der Waals surface area (Å²) in [4.78, 5) is 16.6. The molecule has 0 atom stereocenters. The summed E-state index contributed by atoms with van der Waals surface area (Å²) in [7, 11) is 0. The quantitative estimate of drug-likeness (QED) is 0.321. The number of carbonyl (C=O) groups excluding carboxylic acids is 1. The molecule has 0 saturated heterocycles. The van der Waals surface area contributed by atoms with E-state index in [0.717, 1.165) is 5.56 Å². The summed E-state index contributed by atoms with van der Waals surface area (Å²) in [5.41, 5.74) is 2.18. The summed E-state index contributed by atoms with van der Waals surface area (Å²) < 4.78 is 11.2. The van der Waals surface area contributed by atoms with E-state index in [0.29, 0.717) is 38.6 Å². The predicted molar refractivity (Wildman–Crippen MR) is 119 cm³/mol. The fourth-order valence-electron chi connectivity index (χ4n) is 2.84. The molecule has 0 fully saturated rings. The van der Waals surface area contributed by atoms with Gasteiger partial charge in [-0.2, -0.15) is 0 Å². The van der Waals surface area contributed by atoms with E-state index in [-0.39, 0.29) is 11.6 Å². The molecule has 3 aromatic rings. The molecular formula is C23H14Cl3NO3. The molecule has 1 heterocycles. The Kier molecular flexibility index (Phi) is 6.09. The van der Waals surface area contributed by atoms with Crippen LogP contribution in [0.3, 0.4) is 0 Å². The second kappa shape index (κ2) is 8.92. The van der Waals surface area contributed by atoms with Crippen molar-refractivity contribution in [2.24, 2.45) is 4.99 Å². The molecule has 1 aliphatic rings. The van der Waals surface area contributed by atoms with Gasteiger partial charge >= 0.3 is 5.97 Å². The molecule has 1 aliphatic heterocycles. The maximum atomic E-state index is 12.3. The maximum absolute atomic E-state index is 12.3. The van der Waals surface area contributed by atoms with Gasteiger partial charge < -0.3 is 9.47 Å². The van der Waals surface area contributed by atoms with Crippen molar-refractivity contribution in [1.82, 2.24) is 0 Å². The fraction of sp³-hybridized carbons (Fsp3) is 0.0435. The van der Waals surface area contributed by atoms with Gasteiger partial charge in [0.25, 0.3) is 0 Å². The Morgan fingerprint density at radius 2 is 1.70 bits per heavy atom. The van der Waals surface area contributed by atoms with E-state index in [1.807, 2.05) is 42.5 Å². The average Bonchev–Trinajstić information content (AvgIpc) is 3.08. The topological polar surface area (TPSA) is 47.9 Å². The average molecular weight is 459 g/mol. The molecule has 0 radical (unpaired) electrons. The van der Waals surface area contributed by atoms with Crippen LogP contribution in [0.5, 0.6) is 5.75 Å². The molecule has 0 spiro atoms. The van der Waals surface area contributed by atoms with E-state index in [1.54, 1.807) is 30.3 Å². The number of nitrogens with zero attached hydrogens (tertiary/aromatic N) is 1. The Morgan fingerprint density at radius 1 is 0.933 bits per heavy atom. The zero-order valence-corrected chi connectivity index (χ0v) is 17.7. The van der Waals surface area contributed by atoms with Crippen LogP contribution in [0.2, 0.25) is 15.1 Å². The lowest BCUT2D eigenvalue weighted by atomic mass is 10.1. The third kappa shape index (κ3) is 4.51. The van der Waals surface area contributed by atoms with Crippen molar-refractivity contribution < 1.29 is 14.3 Å². The monoisotopic (exact) mass is 457 g/mol. The fourth-order valence-corrected chi connectivity index (χ4v) is 3.52. The predicted octanol–water partition coefficient (Wildman–Crippen LogP) is 6.57. The van der Waals surface area contributed by atoms with Crippen LogP contribution in [0.4, 0.5) is 0 Å². The zero-order chi connectivity index (χ0) is 21.1. The van der Waals surface area contributed by atoms with Crippen LogP contribution in [-0.2, 0) is 16.1 Å².